The van der Waals surface area contributed by atoms with Gasteiger partial charge in [-0.3, -0.25) is 0 Å². The molecule has 0 saturated heterocycles. The first-order chi connectivity index (χ1) is 7.26. The average Bonchev–Trinajstić information content (AvgIpc) is 2.27. The fourth-order valence-electron chi connectivity index (χ4n) is 1.79. The molecule has 0 saturated carbocycles. The first-order valence-corrected chi connectivity index (χ1v) is 5.60. The lowest BCUT2D eigenvalue weighted by Gasteiger charge is -2.09. The van der Waals surface area contributed by atoms with Crippen LogP contribution in [0, 0.1) is 0 Å². The quantitative estimate of drug-likeness (QED) is 0.891. The van der Waals surface area contributed by atoms with E-state index in [1.165, 1.54) is 16.3 Å². The summed E-state index contributed by atoms with van der Waals surface area (Å²) in [4.78, 5) is 0. The normalized spacial score (nSPS) is 10.6. The van der Waals surface area contributed by atoms with Crippen LogP contribution >= 0.6 is 15.9 Å². The Kier molecular flexibility index (Phi) is 2.93. The molecular formula is C12H13BrNO+. The van der Waals surface area contributed by atoms with Gasteiger partial charge in [0, 0.05) is 4.47 Å². The molecule has 2 nitrogen and oxygen atoms in total. The number of halogens is 1. The van der Waals surface area contributed by atoms with E-state index in [9.17, 15) is 0 Å². The van der Waals surface area contributed by atoms with Crippen LogP contribution in [0.5, 0.6) is 5.75 Å². The van der Waals surface area contributed by atoms with Crippen molar-refractivity contribution in [2.75, 3.05) is 7.11 Å². The van der Waals surface area contributed by atoms with Gasteiger partial charge in [0.15, 0.2) is 0 Å². The molecule has 0 radical (unpaired) electrons. The van der Waals surface area contributed by atoms with E-state index in [2.05, 4.69) is 39.9 Å². The van der Waals surface area contributed by atoms with Crippen molar-refractivity contribution in [1.29, 1.82) is 0 Å². The Morgan fingerprint density at radius 3 is 2.73 bits per heavy atom. The van der Waals surface area contributed by atoms with Crippen molar-refractivity contribution in [3.8, 4) is 5.75 Å². The molecule has 2 aromatic rings. The van der Waals surface area contributed by atoms with Crippen LogP contribution in [-0.4, -0.2) is 7.11 Å². The van der Waals surface area contributed by atoms with E-state index in [0.29, 0.717) is 0 Å². The van der Waals surface area contributed by atoms with Crippen molar-refractivity contribution in [3.63, 3.8) is 0 Å². The maximum absolute atomic E-state index is 5.32. The molecular weight excluding hydrogens is 254 g/mol. The second-order valence-corrected chi connectivity index (χ2v) is 4.28. The number of benzene rings is 2. The van der Waals surface area contributed by atoms with Crippen molar-refractivity contribution >= 4 is 26.7 Å². The van der Waals surface area contributed by atoms with Gasteiger partial charge in [-0.05, 0) is 29.0 Å². The maximum Gasteiger partial charge on any atom is 0.128 e. The molecule has 0 aliphatic heterocycles. The number of ether oxygens (including phenoxy) is 1. The zero-order valence-electron chi connectivity index (χ0n) is 8.59. The van der Waals surface area contributed by atoms with Gasteiger partial charge in [-0.25, -0.2) is 0 Å². The minimum Gasteiger partial charge on any atom is -0.496 e. The van der Waals surface area contributed by atoms with Gasteiger partial charge in [-0.15, -0.1) is 0 Å². The molecule has 0 aromatic heterocycles. The van der Waals surface area contributed by atoms with Gasteiger partial charge in [0.05, 0.1) is 12.7 Å². The molecule has 0 aliphatic carbocycles. The molecule has 0 heterocycles. The molecule has 3 heteroatoms. The molecule has 3 N–H and O–H groups in total. The lowest BCUT2D eigenvalue weighted by atomic mass is 10.0. The molecule has 0 unspecified atom stereocenters. The molecule has 2 aromatic carbocycles. The summed E-state index contributed by atoms with van der Waals surface area (Å²) in [7, 11) is 1.69. The first-order valence-electron chi connectivity index (χ1n) is 4.80. The molecule has 2 rings (SSSR count). The van der Waals surface area contributed by atoms with Crippen molar-refractivity contribution in [3.05, 3.63) is 40.4 Å². The summed E-state index contributed by atoms with van der Waals surface area (Å²) in [5.41, 5.74) is 5.11. The van der Waals surface area contributed by atoms with Gasteiger partial charge < -0.3 is 10.5 Å². The molecule has 15 heavy (non-hydrogen) atoms. The van der Waals surface area contributed by atoms with Crippen LogP contribution < -0.4 is 10.5 Å². The Hall–Kier alpha value is -1.06. The van der Waals surface area contributed by atoms with Crippen molar-refractivity contribution in [1.82, 2.24) is 0 Å². The van der Waals surface area contributed by atoms with Crippen LogP contribution in [0.4, 0.5) is 0 Å². The third kappa shape index (κ3) is 1.85. The van der Waals surface area contributed by atoms with E-state index in [1.54, 1.807) is 7.11 Å². The summed E-state index contributed by atoms with van der Waals surface area (Å²) in [5, 5.41) is 2.43. The number of methoxy groups -OCH3 is 1. The third-order valence-corrected chi connectivity index (χ3v) is 3.01. The van der Waals surface area contributed by atoms with Gasteiger partial charge in [0.25, 0.3) is 0 Å². The van der Waals surface area contributed by atoms with Gasteiger partial charge in [0.1, 0.15) is 12.3 Å². The minimum atomic E-state index is 0.738. The molecule has 0 atom stereocenters. The third-order valence-electron chi connectivity index (χ3n) is 2.52. The topological polar surface area (TPSA) is 36.9 Å². The van der Waals surface area contributed by atoms with E-state index in [1.807, 2.05) is 12.1 Å². The monoisotopic (exact) mass is 266 g/mol. The highest BCUT2D eigenvalue weighted by molar-refractivity contribution is 9.10. The standard InChI is InChI=1S/C12H12BrNO/c1-15-12-5-2-8-6-9(13)3-4-10(8)11(12)7-14/h2-6H,7,14H2,1H3/p+1. The predicted octanol–water partition coefficient (Wildman–Crippen LogP) is 2.35. The summed E-state index contributed by atoms with van der Waals surface area (Å²) in [6, 6.07) is 10.3. The number of hydrogen-bond donors (Lipinski definition) is 1. The highest BCUT2D eigenvalue weighted by atomic mass is 79.9. The van der Waals surface area contributed by atoms with Crippen LogP contribution in [0.25, 0.3) is 10.8 Å². The number of hydrogen-bond acceptors (Lipinski definition) is 1. The van der Waals surface area contributed by atoms with Crippen LogP contribution in [0.2, 0.25) is 0 Å². The molecule has 0 spiro atoms. The van der Waals surface area contributed by atoms with Crippen LogP contribution in [0.3, 0.4) is 0 Å². The van der Waals surface area contributed by atoms with Gasteiger partial charge in [0.2, 0.25) is 0 Å². The number of quaternary nitrogens is 1. The lowest BCUT2D eigenvalue weighted by Crippen LogP contribution is -2.47. The maximum atomic E-state index is 5.32. The zero-order valence-corrected chi connectivity index (χ0v) is 10.2. The molecule has 0 bridgehead atoms. The van der Waals surface area contributed by atoms with E-state index < -0.39 is 0 Å². The minimum absolute atomic E-state index is 0.738. The zero-order chi connectivity index (χ0) is 10.8. The predicted molar refractivity (Wildman–Crippen MR) is 64.8 cm³/mol. The SMILES string of the molecule is COc1ccc2cc(Br)ccc2c1C[NH3+]. The van der Waals surface area contributed by atoms with Gasteiger partial charge >= 0.3 is 0 Å². The highest BCUT2D eigenvalue weighted by Gasteiger charge is 2.07. The first kappa shape index (κ1) is 10.5. The Balaban J connectivity index is 2.76. The molecule has 0 amide bonds. The smallest absolute Gasteiger partial charge is 0.128 e. The Labute approximate surface area is 97.2 Å². The molecule has 78 valence electrons. The van der Waals surface area contributed by atoms with Crippen LogP contribution in [0.15, 0.2) is 34.8 Å². The lowest BCUT2D eigenvalue weighted by molar-refractivity contribution is -0.386. The van der Waals surface area contributed by atoms with Crippen molar-refractivity contribution in [2.24, 2.45) is 0 Å². The Morgan fingerprint density at radius 2 is 2.07 bits per heavy atom. The largest absolute Gasteiger partial charge is 0.496 e. The van der Waals surface area contributed by atoms with E-state index in [-0.39, 0.29) is 0 Å². The Bertz CT molecular complexity index is 496. The van der Waals surface area contributed by atoms with Gasteiger partial charge in [-0.2, -0.15) is 0 Å². The van der Waals surface area contributed by atoms with E-state index in [4.69, 9.17) is 4.74 Å². The number of fused-ring (bicyclic) bond motifs is 1. The highest BCUT2D eigenvalue weighted by Crippen LogP contribution is 2.29. The van der Waals surface area contributed by atoms with E-state index in [0.717, 1.165) is 16.8 Å². The fourth-order valence-corrected chi connectivity index (χ4v) is 2.17. The summed E-state index contributed by atoms with van der Waals surface area (Å²) in [6.07, 6.45) is 0. The summed E-state index contributed by atoms with van der Waals surface area (Å²) in [6.45, 7) is 0.738. The summed E-state index contributed by atoms with van der Waals surface area (Å²) >= 11 is 3.47. The van der Waals surface area contributed by atoms with Crippen LogP contribution in [0.1, 0.15) is 5.56 Å². The van der Waals surface area contributed by atoms with Crippen molar-refractivity contribution < 1.29 is 10.5 Å². The average molecular weight is 267 g/mol. The van der Waals surface area contributed by atoms with E-state index >= 15 is 0 Å². The molecule has 0 fully saturated rings. The summed E-state index contributed by atoms with van der Waals surface area (Å²) < 4.78 is 6.42. The van der Waals surface area contributed by atoms with Crippen LogP contribution in [-0.2, 0) is 6.54 Å². The second-order valence-electron chi connectivity index (χ2n) is 3.36. The second kappa shape index (κ2) is 4.21. The van der Waals surface area contributed by atoms with Crippen molar-refractivity contribution in [2.45, 2.75) is 6.54 Å². The molecule has 0 aliphatic rings. The fraction of sp³-hybridized carbons (Fsp3) is 0.167. The Morgan fingerprint density at radius 1 is 1.27 bits per heavy atom. The summed E-state index contributed by atoms with van der Waals surface area (Å²) in [5.74, 6) is 0.917. The number of rotatable bonds is 2. The van der Waals surface area contributed by atoms with Gasteiger partial charge in [-0.1, -0.05) is 28.1 Å².